The Morgan fingerprint density at radius 2 is 2.00 bits per heavy atom. The molecule has 0 aliphatic carbocycles. The van der Waals surface area contributed by atoms with Crippen molar-refractivity contribution in [1.29, 1.82) is 0 Å². The SMILES string of the molecule is O=C(OCc1ccccc1)N1CCc2cc(-c3n[nH]c(=O)c4sccc34)ccc2C1. The second kappa shape index (κ2) is 7.76. The number of ether oxygens (including phenoxy) is 1. The first-order valence-corrected chi connectivity index (χ1v) is 10.6. The number of carbonyl (C=O) groups is 1. The van der Waals surface area contributed by atoms with Gasteiger partial charge in [-0.15, -0.1) is 11.3 Å². The molecular weight excluding hydrogens is 398 g/mol. The summed E-state index contributed by atoms with van der Waals surface area (Å²) >= 11 is 1.42. The summed E-state index contributed by atoms with van der Waals surface area (Å²) in [6.07, 6.45) is 0.454. The summed E-state index contributed by atoms with van der Waals surface area (Å²) in [4.78, 5) is 26.2. The highest BCUT2D eigenvalue weighted by Gasteiger charge is 2.22. The molecule has 0 atom stereocenters. The molecule has 5 rings (SSSR count). The molecule has 1 aliphatic rings. The number of nitrogens with zero attached hydrogens (tertiary/aromatic N) is 2. The number of carbonyl (C=O) groups excluding carboxylic acids is 1. The lowest BCUT2D eigenvalue weighted by atomic mass is 9.96. The Kier molecular flexibility index (Phi) is 4.80. The van der Waals surface area contributed by atoms with Crippen LogP contribution in [0.5, 0.6) is 0 Å². The quantitative estimate of drug-likeness (QED) is 0.538. The summed E-state index contributed by atoms with van der Waals surface area (Å²) in [6, 6.07) is 17.7. The summed E-state index contributed by atoms with van der Waals surface area (Å²) in [5.41, 5.74) is 4.85. The van der Waals surface area contributed by atoms with E-state index in [9.17, 15) is 9.59 Å². The number of fused-ring (bicyclic) bond motifs is 2. The average Bonchev–Trinajstić information content (AvgIpc) is 3.29. The van der Waals surface area contributed by atoms with E-state index in [-0.39, 0.29) is 18.3 Å². The minimum Gasteiger partial charge on any atom is -0.445 e. The Morgan fingerprint density at radius 1 is 1.13 bits per heavy atom. The molecule has 30 heavy (non-hydrogen) atoms. The van der Waals surface area contributed by atoms with Gasteiger partial charge in [0.15, 0.2) is 0 Å². The van der Waals surface area contributed by atoms with Crippen LogP contribution < -0.4 is 5.56 Å². The first-order valence-electron chi connectivity index (χ1n) is 9.73. The van der Waals surface area contributed by atoms with Gasteiger partial charge in [0.2, 0.25) is 0 Å². The second-order valence-electron chi connectivity index (χ2n) is 7.26. The van der Waals surface area contributed by atoms with Crippen LogP contribution in [0.3, 0.4) is 0 Å². The lowest BCUT2D eigenvalue weighted by Gasteiger charge is -2.28. The third-order valence-corrected chi connectivity index (χ3v) is 6.26. The lowest BCUT2D eigenvalue weighted by molar-refractivity contribution is 0.0919. The molecule has 0 radical (unpaired) electrons. The topological polar surface area (TPSA) is 75.3 Å². The molecule has 0 fully saturated rings. The number of aromatic nitrogens is 2. The molecule has 2 aromatic heterocycles. The Bertz CT molecular complexity index is 1280. The largest absolute Gasteiger partial charge is 0.445 e. The van der Waals surface area contributed by atoms with Crippen LogP contribution in [0.15, 0.2) is 64.8 Å². The van der Waals surface area contributed by atoms with Crippen molar-refractivity contribution in [3.8, 4) is 11.3 Å². The third-order valence-electron chi connectivity index (χ3n) is 5.35. The van der Waals surface area contributed by atoms with E-state index in [1.165, 1.54) is 16.9 Å². The van der Waals surface area contributed by atoms with E-state index in [4.69, 9.17) is 4.74 Å². The first kappa shape index (κ1) is 18.6. The molecule has 1 amide bonds. The van der Waals surface area contributed by atoms with Crippen molar-refractivity contribution >= 4 is 27.5 Å². The Hall–Kier alpha value is -3.45. The van der Waals surface area contributed by atoms with Gasteiger partial charge < -0.3 is 9.64 Å². The van der Waals surface area contributed by atoms with E-state index >= 15 is 0 Å². The maximum Gasteiger partial charge on any atom is 0.410 e. The maximum absolute atomic E-state index is 12.5. The van der Waals surface area contributed by atoms with Crippen molar-refractivity contribution in [3.05, 3.63) is 87.0 Å². The van der Waals surface area contributed by atoms with Crippen molar-refractivity contribution in [3.63, 3.8) is 0 Å². The Balaban J connectivity index is 1.33. The van der Waals surface area contributed by atoms with Crippen LogP contribution in [0.1, 0.15) is 16.7 Å². The first-order chi connectivity index (χ1) is 14.7. The fraction of sp³-hybridized carbons (Fsp3) is 0.174. The van der Waals surface area contributed by atoms with E-state index in [0.29, 0.717) is 17.8 Å². The molecule has 2 aromatic carbocycles. The molecule has 7 heteroatoms. The van der Waals surface area contributed by atoms with Crippen molar-refractivity contribution in [2.24, 2.45) is 0 Å². The molecule has 1 aliphatic heterocycles. The standard InChI is InChI=1S/C23H19N3O3S/c27-22-21-19(9-11-30-21)20(24-25-22)17-6-7-18-13-26(10-8-16(18)12-17)23(28)29-14-15-4-2-1-3-5-15/h1-7,9,11-12H,8,10,13-14H2,(H,25,27). The summed E-state index contributed by atoms with van der Waals surface area (Å²) in [5.74, 6) is 0. The molecule has 6 nitrogen and oxygen atoms in total. The number of H-pyrrole nitrogens is 1. The van der Waals surface area contributed by atoms with Crippen LogP contribution >= 0.6 is 11.3 Å². The number of rotatable bonds is 3. The van der Waals surface area contributed by atoms with Crippen LogP contribution in [-0.2, 0) is 24.3 Å². The van der Waals surface area contributed by atoms with E-state index in [1.54, 1.807) is 4.90 Å². The highest BCUT2D eigenvalue weighted by molar-refractivity contribution is 7.17. The summed E-state index contributed by atoms with van der Waals surface area (Å²) in [7, 11) is 0. The predicted molar refractivity (Wildman–Crippen MR) is 116 cm³/mol. The summed E-state index contributed by atoms with van der Waals surface area (Å²) < 4.78 is 6.16. The zero-order valence-electron chi connectivity index (χ0n) is 16.1. The molecule has 150 valence electrons. The number of hydrogen-bond acceptors (Lipinski definition) is 5. The van der Waals surface area contributed by atoms with Gasteiger partial charge in [-0.2, -0.15) is 5.10 Å². The van der Waals surface area contributed by atoms with Crippen LogP contribution in [0.25, 0.3) is 21.3 Å². The van der Waals surface area contributed by atoms with Gasteiger partial charge in [-0.05, 0) is 40.6 Å². The van der Waals surface area contributed by atoms with Gasteiger partial charge in [0.25, 0.3) is 5.56 Å². The Labute approximate surface area is 176 Å². The van der Waals surface area contributed by atoms with Crippen molar-refractivity contribution in [1.82, 2.24) is 15.1 Å². The number of thiophene rings is 1. The molecule has 0 bridgehead atoms. The Morgan fingerprint density at radius 3 is 2.87 bits per heavy atom. The van der Waals surface area contributed by atoms with Crippen molar-refractivity contribution < 1.29 is 9.53 Å². The van der Waals surface area contributed by atoms with Crippen molar-refractivity contribution in [2.75, 3.05) is 6.54 Å². The number of hydrogen-bond donors (Lipinski definition) is 1. The molecule has 3 heterocycles. The van der Waals surface area contributed by atoms with Crippen LogP contribution in [0.2, 0.25) is 0 Å². The molecular formula is C23H19N3O3S. The summed E-state index contributed by atoms with van der Waals surface area (Å²) in [5, 5.41) is 9.64. The number of nitrogens with one attached hydrogen (secondary N) is 1. The smallest absolute Gasteiger partial charge is 0.410 e. The number of benzene rings is 2. The molecule has 0 unspecified atom stereocenters. The van der Waals surface area contributed by atoms with Gasteiger partial charge in [-0.1, -0.05) is 42.5 Å². The van der Waals surface area contributed by atoms with Gasteiger partial charge in [-0.3, -0.25) is 4.79 Å². The molecule has 0 saturated heterocycles. The highest BCUT2D eigenvalue weighted by Crippen LogP contribution is 2.30. The van der Waals surface area contributed by atoms with Gasteiger partial charge in [0.05, 0.1) is 5.69 Å². The average molecular weight is 417 g/mol. The van der Waals surface area contributed by atoms with Gasteiger partial charge in [0, 0.05) is 24.0 Å². The van der Waals surface area contributed by atoms with E-state index in [1.807, 2.05) is 53.9 Å². The highest BCUT2D eigenvalue weighted by atomic mass is 32.1. The van der Waals surface area contributed by atoms with E-state index in [2.05, 4.69) is 16.3 Å². The van der Waals surface area contributed by atoms with Crippen LogP contribution in [0, 0.1) is 0 Å². The molecule has 0 spiro atoms. The van der Waals surface area contributed by atoms with Crippen LogP contribution in [0.4, 0.5) is 4.79 Å². The molecule has 4 aromatic rings. The van der Waals surface area contributed by atoms with E-state index < -0.39 is 0 Å². The van der Waals surface area contributed by atoms with Crippen molar-refractivity contribution in [2.45, 2.75) is 19.6 Å². The maximum atomic E-state index is 12.5. The molecule has 1 N–H and O–H groups in total. The second-order valence-corrected chi connectivity index (χ2v) is 8.18. The fourth-order valence-electron chi connectivity index (χ4n) is 3.78. The van der Waals surface area contributed by atoms with Gasteiger partial charge in [-0.25, -0.2) is 9.89 Å². The third kappa shape index (κ3) is 3.48. The normalized spacial score (nSPS) is 13.3. The zero-order chi connectivity index (χ0) is 20.5. The van der Waals surface area contributed by atoms with Gasteiger partial charge in [0.1, 0.15) is 11.3 Å². The fourth-order valence-corrected chi connectivity index (χ4v) is 4.56. The summed E-state index contributed by atoms with van der Waals surface area (Å²) in [6.45, 7) is 1.41. The monoisotopic (exact) mass is 417 g/mol. The van der Waals surface area contributed by atoms with E-state index in [0.717, 1.165) is 34.2 Å². The predicted octanol–water partition coefficient (Wildman–Crippen LogP) is 4.35. The van der Waals surface area contributed by atoms with Crippen LogP contribution in [-0.4, -0.2) is 27.7 Å². The van der Waals surface area contributed by atoms with Gasteiger partial charge >= 0.3 is 6.09 Å². The zero-order valence-corrected chi connectivity index (χ0v) is 16.9. The minimum absolute atomic E-state index is 0.161. The minimum atomic E-state index is -0.295. The number of aromatic amines is 1. The number of amides is 1. The lowest BCUT2D eigenvalue weighted by Crippen LogP contribution is -2.36. The molecule has 0 saturated carbocycles.